The van der Waals surface area contributed by atoms with Gasteiger partial charge in [0.05, 0.1) is 0 Å². The lowest BCUT2D eigenvalue weighted by molar-refractivity contribution is 0.741. The molecule has 2 aromatic rings. The van der Waals surface area contributed by atoms with E-state index >= 15 is 0 Å². The van der Waals surface area contributed by atoms with Crippen molar-refractivity contribution in [3.63, 3.8) is 0 Å². The Morgan fingerprint density at radius 2 is 1.95 bits per heavy atom. The summed E-state index contributed by atoms with van der Waals surface area (Å²) in [6.07, 6.45) is 4.04. The van der Waals surface area contributed by atoms with Crippen molar-refractivity contribution in [3.05, 3.63) is 24.0 Å². The van der Waals surface area contributed by atoms with Crippen LogP contribution in [0.4, 0.5) is 11.6 Å². The first-order valence-corrected chi connectivity index (χ1v) is 6.72. The van der Waals surface area contributed by atoms with E-state index in [9.17, 15) is 0 Å². The second kappa shape index (κ2) is 6.31. The van der Waals surface area contributed by atoms with Gasteiger partial charge in [-0.15, -0.1) is 0 Å². The topological polar surface area (TPSA) is 80.5 Å². The van der Waals surface area contributed by atoms with E-state index in [0.29, 0.717) is 5.92 Å². The van der Waals surface area contributed by atoms with Crippen LogP contribution in [0, 0.1) is 0 Å². The van der Waals surface area contributed by atoms with Gasteiger partial charge in [-0.3, -0.25) is 4.68 Å². The molecule has 2 aromatic heterocycles. The van der Waals surface area contributed by atoms with E-state index in [1.807, 2.05) is 14.1 Å². The van der Waals surface area contributed by atoms with Gasteiger partial charge in [-0.25, -0.2) is 15.0 Å². The van der Waals surface area contributed by atoms with Crippen LogP contribution in [0.1, 0.15) is 31.2 Å². The van der Waals surface area contributed by atoms with E-state index in [0.717, 1.165) is 36.0 Å². The van der Waals surface area contributed by atoms with Crippen LogP contribution < -0.4 is 10.6 Å². The molecule has 0 radical (unpaired) electrons. The summed E-state index contributed by atoms with van der Waals surface area (Å²) in [6, 6.07) is 0. The van der Waals surface area contributed by atoms with E-state index in [-0.39, 0.29) is 0 Å². The molecule has 0 unspecified atom stereocenters. The highest BCUT2D eigenvalue weighted by Crippen LogP contribution is 2.27. The van der Waals surface area contributed by atoms with E-state index in [1.54, 1.807) is 17.3 Å². The normalized spacial score (nSPS) is 10.8. The summed E-state index contributed by atoms with van der Waals surface area (Å²) in [7, 11) is 3.74. The Morgan fingerprint density at radius 3 is 2.55 bits per heavy atom. The first-order chi connectivity index (χ1) is 9.61. The summed E-state index contributed by atoms with van der Waals surface area (Å²) in [5.41, 5.74) is 1.10. The molecule has 0 amide bonds. The van der Waals surface area contributed by atoms with E-state index in [1.165, 1.54) is 0 Å². The van der Waals surface area contributed by atoms with Crippen molar-refractivity contribution in [1.29, 1.82) is 0 Å². The quantitative estimate of drug-likeness (QED) is 0.830. The zero-order valence-corrected chi connectivity index (χ0v) is 12.4. The fourth-order valence-electron chi connectivity index (χ4n) is 2.07. The van der Waals surface area contributed by atoms with Crippen molar-refractivity contribution in [2.45, 2.75) is 26.2 Å². The molecule has 20 heavy (non-hydrogen) atoms. The van der Waals surface area contributed by atoms with Crippen molar-refractivity contribution in [2.24, 2.45) is 7.05 Å². The molecule has 7 heteroatoms. The van der Waals surface area contributed by atoms with Crippen molar-refractivity contribution in [3.8, 4) is 0 Å². The molecule has 2 N–H and O–H groups in total. The number of hydrogen-bond acceptors (Lipinski definition) is 6. The number of aromatic nitrogens is 5. The van der Waals surface area contributed by atoms with Gasteiger partial charge in [0.2, 0.25) is 0 Å². The smallest absolute Gasteiger partial charge is 0.152 e. The third kappa shape index (κ3) is 3.23. The number of rotatable bonds is 6. The Labute approximate surface area is 118 Å². The summed E-state index contributed by atoms with van der Waals surface area (Å²) in [5.74, 6) is 2.91. The van der Waals surface area contributed by atoms with Crippen LogP contribution in [0.5, 0.6) is 0 Å². The van der Waals surface area contributed by atoms with E-state index in [4.69, 9.17) is 0 Å². The highest BCUT2D eigenvalue weighted by molar-refractivity contribution is 5.58. The average Bonchev–Trinajstić information content (AvgIpc) is 2.83. The standard InChI is InChI=1S/C13H21N7/c1-9(2)11-12(14-3)16-7-17-13(11)15-6-5-10-18-8-20(4)19-10/h7-9H,5-6H2,1-4H3,(H2,14,15,16,17). The minimum Gasteiger partial charge on any atom is -0.373 e. The molecule has 0 atom stereocenters. The Morgan fingerprint density at radius 1 is 1.20 bits per heavy atom. The lowest BCUT2D eigenvalue weighted by atomic mass is 10.0. The van der Waals surface area contributed by atoms with Gasteiger partial charge in [0.25, 0.3) is 0 Å². The van der Waals surface area contributed by atoms with Gasteiger partial charge in [0, 0.05) is 32.6 Å². The fraction of sp³-hybridized carbons (Fsp3) is 0.538. The molecule has 2 heterocycles. The summed E-state index contributed by atoms with van der Waals surface area (Å²) >= 11 is 0. The average molecular weight is 275 g/mol. The van der Waals surface area contributed by atoms with E-state index in [2.05, 4.69) is 44.5 Å². The number of hydrogen-bond donors (Lipinski definition) is 2. The zero-order chi connectivity index (χ0) is 14.5. The third-order valence-corrected chi connectivity index (χ3v) is 2.99. The Bertz CT molecular complexity index is 562. The molecule has 0 aliphatic carbocycles. The summed E-state index contributed by atoms with van der Waals surface area (Å²) in [4.78, 5) is 12.8. The Kier molecular flexibility index (Phi) is 4.49. The van der Waals surface area contributed by atoms with Gasteiger partial charge in [-0.1, -0.05) is 13.8 Å². The van der Waals surface area contributed by atoms with Crippen LogP contribution in [-0.4, -0.2) is 38.3 Å². The van der Waals surface area contributed by atoms with Gasteiger partial charge in [-0.2, -0.15) is 5.10 Å². The number of nitrogens with zero attached hydrogens (tertiary/aromatic N) is 5. The molecule has 0 bridgehead atoms. The predicted molar refractivity (Wildman–Crippen MR) is 78.9 cm³/mol. The van der Waals surface area contributed by atoms with Gasteiger partial charge >= 0.3 is 0 Å². The van der Waals surface area contributed by atoms with Crippen LogP contribution in [0.3, 0.4) is 0 Å². The largest absolute Gasteiger partial charge is 0.373 e. The second-order valence-electron chi connectivity index (χ2n) is 4.90. The number of nitrogens with one attached hydrogen (secondary N) is 2. The molecule has 0 saturated carbocycles. The zero-order valence-electron chi connectivity index (χ0n) is 12.4. The minimum atomic E-state index is 0.342. The van der Waals surface area contributed by atoms with Crippen molar-refractivity contribution in [2.75, 3.05) is 24.2 Å². The Hall–Kier alpha value is -2.18. The fourth-order valence-corrected chi connectivity index (χ4v) is 2.07. The molecular weight excluding hydrogens is 254 g/mol. The van der Waals surface area contributed by atoms with Crippen LogP contribution in [0.2, 0.25) is 0 Å². The Balaban J connectivity index is 2.05. The second-order valence-corrected chi connectivity index (χ2v) is 4.90. The summed E-state index contributed by atoms with van der Waals surface area (Å²) in [6.45, 7) is 5.00. The van der Waals surface area contributed by atoms with Gasteiger partial charge < -0.3 is 10.6 Å². The maximum Gasteiger partial charge on any atom is 0.152 e. The SMILES string of the molecule is CNc1ncnc(NCCc2ncn(C)n2)c1C(C)C. The molecule has 7 nitrogen and oxygen atoms in total. The van der Waals surface area contributed by atoms with Gasteiger partial charge in [-0.05, 0) is 5.92 Å². The lowest BCUT2D eigenvalue weighted by Crippen LogP contribution is -2.12. The number of anilines is 2. The highest BCUT2D eigenvalue weighted by Gasteiger charge is 2.13. The summed E-state index contributed by atoms with van der Waals surface area (Å²) < 4.78 is 1.71. The van der Waals surface area contributed by atoms with Crippen LogP contribution in [0.15, 0.2) is 12.7 Å². The maximum absolute atomic E-state index is 4.34. The molecule has 0 aromatic carbocycles. The molecule has 0 saturated heterocycles. The molecule has 0 fully saturated rings. The summed E-state index contributed by atoms with van der Waals surface area (Å²) in [5, 5.41) is 10.7. The van der Waals surface area contributed by atoms with Crippen LogP contribution >= 0.6 is 0 Å². The molecular formula is C13H21N7. The highest BCUT2D eigenvalue weighted by atomic mass is 15.3. The maximum atomic E-state index is 4.34. The van der Waals surface area contributed by atoms with E-state index < -0.39 is 0 Å². The first kappa shape index (κ1) is 14.2. The predicted octanol–water partition coefficient (Wildman–Crippen LogP) is 1.42. The first-order valence-electron chi connectivity index (χ1n) is 6.72. The molecule has 108 valence electrons. The minimum absolute atomic E-state index is 0.342. The monoisotopic (exact) mass is 275 g/mol. The van der Waals surface area contributed by atoms with Crippen molar-refractivity contribution in [1.82, 2.24) is 24.7 Å². The molecule has 0 aliphatic rings. The third-order valence-electron chi connectivity index (χ3n) is 2.99. The van der Waals surface area contributed by atoms with Gasteiger partial charge in [0.15, 0.2) is 5.82 Å². The van der Waals surface area contributed by atoms with Crippen LogP contribution in [0.25, 0.3) is 0 Å². The van der Waals surface area contributed by atoms with Crippen LogP contribution in [-0.2, 0) is 13.5 Å². The molecule has 2 rings (SSSR count). The van der Waals surface area contributed by atoms with Gasteiger partial charge in [0.1, 0.15) is 24.3 Å². The van der Waals surface area contributed by atoms with Crippen molar-refractivity contribution < 1.29 is 0 Å². The molecule has 0 aliphatic heterocycles. The molecule has 0 spiro atoms. The number of aryl methyl sites for hydroxylation is 1. The lowest BCUT2D eigenvalue weighted by Gasteiger charge is -2.16. The van der Waals surface area contributed by atoms with Crippen molar-refractivity contribution >= 4 is 11.6 Å².